The van der Waals surface area contributed by atoms with E-state index < -0.39 is 109 Å². The van der Waals surface area contributed by atoms with Crippen molar-refractivity contribution in [3.63, 3.8) is 0 Å². The van der Waals surface area contributed by atoms with Crippen LogP contribution in [0, 0.1) is 11.8 Å². The number of fused-ring (bicyclic) bond motifs is 1. The standard InChI is InChI=1S/C26H28N4O14S2/c1-27-17(31)13(18(32)28(2)23(27)37)5-15-21(35)43-25(45(15,39)40)7-11-9-26(10-12(11)8-25)44-22(36)16(46(26,41)42)6-14-19(33)29(3)24(38)30(4)20(14)34/h5-6,11-12,21,31,33,35H,7-10H2,1-4H3. The lowest BCUT2D eigenvalue weighted by molar-refractivity contribution is -0.144. The van der Waals surface area contributed by atoms with Crippen molar-refractivity contribution in [2.24, 2.45) is 40.0 Å². The van der Waals surface area contributed by atoms with Gasteiger partial charge in [-0.25, -0.2) is 31.2 Å². The molecule has 20 heteroatoms. The highest BCUT2D eigenvalue weighted by atomic mass is 32.2. The van der Waals surface area contributed by atoms with Crippen LogP contribution in [0.25, 0.3) is 12.2 Å². The molecule has 3 atom stereocenters. The summed E-state index contributed by atoms with van der Waals surface area (Å²) in [6, 6.07) is 0. The van der Waals surface area contributed by atoms with Crippen LogP contribution in [0.1, 0.15) is 36.8 Å². The average Bonchev–Trinajstić information content (AvgIpc) is 3.60. The molecule has 248 valence electrons. The summed E-state index contributed by atoms with van der Waals surface area (Å²) < 4.78 is 68.8. The summed E-state index contributed by atoms with van der Waals surface area (Å²) in [7, 11) is -4.68. The van der Waals surface area contributed by atoms with Crippen LogP contribution in [-0.4, -0.2) is 72.5 Å². The minimum absolute atomic E-state index is 0.318. The Morgan fingerprint density at radius 2 is 1.13 bits per heavy atom. The number of esters is 1. The molecule has 0 aromatic carbocycles. The fourth-order valence-corrected chi connectivity index (χ4v) is 11.1. The summed E-state index contributed by atoms with van der Waals surface area (Å²) >= 11 is 0. The van der Waals surface area contributed by atoms with Gasteiger partial charge in [0.2, 0.25) is 36.4 Å². The van der Waals surface area contributed by atoms with Crippen LogP contribution in [-0.2, 0) is 62.1 Å². The van der Waals surface area contributed by atoms with Crippen LogP contribution >= 0.6 is 0 Å². The molecule has 4 aliphatic rings. The Labute approximate surface area is 258 Å². The molecule has 3 N–H and O–H groups in total. The lowest BCUT2D eigenvalue weighted by atomic mass is 10.0. The van der Waals surface area contributed by atoms with Crippen molar-refractivity contribution >= 4 is 37.8 Å². The van der Waals surface area contributed by atoms with Gasteiger partial charge in [0.15, 0.2) is 16.1 Å². The quantitative estimate of drug-likeness (QED) is 0.214. The van der Waals surface area contributed by atoms with Crippen LogP contribution in [0.3, 0.4) is 0 Å². The van der Waals surface area contributed by atoms with E-state index in [4.69, 9.17) is 9.47 Å². The summed E-state index contributed by atoms with van der Waals surface area (Å²) in [5.41, 5.74) is -5.06. The number of carbonyl (C=O) groups is 1. The van der Waals surface area contributed by atoms with E-state index in [0.717, 1.165) is 34.3 Å². The fourth-order valence-electron chi connectivity index (χ4n) is 6.98. The number of sulfone groups is 2. The summed E-state index contributed by atoms with van der Waals surface area (Å²) in [5.74, 6) is -4.42. The minimum atomic E-state index is -4.63. The number of hydrogen-bond acceptors (Lipinski definition) is 14. The SMILES string of the molecule is Cn1c(O)c(C=C2C(=O)OC3(CC4CC5(CC4C3)OC(O)C(=Cc3c(O)n(C)c(=O)n(C)c3=O)S5(=O)=O)S2(=O)=O)c(=O)n(C)c1=O. The Morgan fingerprint density at radius 1 is 0.696 bits per heavy atom. The van der Waals surface area contributed by atoms with E-state index in [1.54, 1.807) is 0 Å². The van der Waals surface area contributed by atoms with E-state index in [1.165, 1.54) is 0 Å². The Morgan fingerprint density at radius 3 is 1.61 bits per heavy atom. The van der Waals surface area contributed by atoms with Crippen molar-refractivity contribution < 1.29 is 46.4 Å². The third-order valence-electron chi connectivity index (χ3n) is 9.49. The van der Waals surface area contributed by atoms with E-state index in [9.17, 15) is 56.1 Å². The van der Waals surface area contributed by atoms with E-state index in [2.05, 4.69) is 0 Å². The summed E-state index contributed by atoms with van der Waals surface area (Å²) in [6.45, 7) is 0. The minimum Gasteiger partial charge on any atom is -0.494 e. The normalized spacial score (nSPS) is 32.6. The third kappa shape index (κ3) is 3.89. The van der Waals surface area contributed by atoms with Crippen molar-refractivity contribution in [3.8, 4) is 11.8 Å². The average molecular weight is 685 g/mol. The molecule has 2 saturated carbocycles. The summed E-state index contributed by atoms with van der Waals surface area (Å²) in [6.07, 6.45) is -2.00. The smallest absolute Gasteiger partial charge is 0.351 e. The van der Waals surface area contributed by atoms with Gasteiger partial charge in [-0.1, -0.05) is 0 Å². The number of carbonyl (C=O) groups excluding carboxylic acids is 1. The second-order valence-electron chi connectivity index (χ2n) is 12.0. The van der Waals surface area contributed by atoms with Crippen LogP contribution in [0.5, 0.6) is 11.8 Å². The van der Waals surface area contributed by atoms with Crippen LogP contribution < -0.4 is 22.5 Å². The van der Waals surface area contributed by atoms with Gasteiger partial charge in [0.1, 0.15) is 16.0 Å². The fraction of sp³-hybridized carbons (Fsp3) is 0.500. The molecule has 46 heavy (non-hydrogen) atoms. The zero-order valence-electron chi connectivity index (χ0n) is 24.7. The molecule has 6 rings (SSSR count). The zero-order valence-corrected chi connectivity index (χ0v) is 26.3. The molecular formula is C26H28N4O14S2. The Kier molecular flexibility index (Phi) is 6.63. The Bertz CT molecular complexity index is 2290. The number of aliphatic hydroxyl groups is 1. The lowest BCUT2D eigenvalue weighted by Crippen LogP contribution is -2.39. The molecule has 0 bridgehead atoms. The zero-order chi connectivity index (χ0) is 34.0. The molecule has 0 amide bonds. The van der Waals surface area contributed by atoms with E-state index in [1.807, 2.05) is 0 Å². The molecule has 18 nitrogen and oxygen atoms in total. The summed E-state index contributed by atoms with van der Waals surface area (Å²) in [5, 5.41) is 31.5. The van der Waals surface area contributed by atoms with Gasteiger partial charge in [0.25, 0.3) is 11.1 Å². The van der Waals surface area contributed by atoms with Crippen LogP contribution in [0.15, 0.2) is 29.0 Å². The Balaban J connectivity index is 1.33. The number of aliphatic hydroxyl groups excluding tert-OH is 1. The van der Waals surface area contributed by atoms with Crippen LogP contribution in [0.4, 0.5) is 0 Å². The van der Waals surface area contributed by atoms with Crippen molar-refractivity contribution in [1.29, 1.82) is 0 Å². The molecule has 2 aromatic rings. The molecular weight excluding hydrogens is 656 g/mol. The van der Waals surface area contributed by atoms with Gasteiger partial charge in [-0.15, -0.1) is 0 Å². The molecule has 2 spiro atoms. The van der Waals surface area contributed by atoms with Crippen molar-refractivity contribution in [3.05, 3.63) is 62.6 Å². The first kappa shape index (κ1) is 31.7. The lowest BCUT2D eigenvalue weighted by Gasteiger charge is -2.26. The van der Waals surface area contributed by atoms with Gasteiger partial charge in [-0.2, -0.15) is 0 Å². The predicted octanol–water partition coefficient (Wildman–Crippen LogP) is -2.78. The van der Waals surface area contributed by atoms with Crippen molar-refractivity contribution in [2.45, 2.75) is 41.8 Å². The first-order valence-electron chi connectivity index (χ1n) is 13.7. The topological polar surface area (TPSA) is 252 Å². The second kappa shape index (κ2) is 9.62. The highest BCUT2D eigenvalue weighted by Crippen LogP contribution is 2.62. The number of aromatic nitrogens is 4. The molecule has 4 fully saturated rings. The maximum absolute atomic E-state index is 13.8. The number of aromatic hydroxyl groups is 2. The number of nitrogens with zero attached hydrogens (tertiary/aromatic N) is 4. The maximum atomic E-state index is 13.8. The first-order valence-corrected chi connectivity index (χ1v) is 16.7. The maximum Gasteiger partial charge on any atom is 0.351 e. The predicted molar refractivity (Wildman–Crippen MR) is 155 cm³/mol. The summed E-state index contributed by atoms with van der Waals surface area (Å²) in [4.78, 5) is 56.6. The number of hydrogen-bond donors (Lipinski definition) is 3. The Hall–Kier alpha value is -4.27. The van der Waals surface area contributed by atoms with Gasteiger partial charge in [-0.05, 0) is 36.8 Å². The van der Waals surface area contributed by atoms with Gasteiger partial charge in [-0.3, -0.25) is 27.9 Å². The van der Waals surface area contributed by atoms with E-state index in [0.29, 0.717) is 24.3 Å². The number of ether oxygens (including phenoxy) is 2. The molecule has 2 aliphatic carbocycles. The van der Waals surface area contributed by atoms with Gasteiger partial charge < -0.3 is 24.8 Å². The molecule has 2 aliphatic heterocycles. The molecule has 4 heterocycles. The molecule has 2 aromatic heterocycles. The monoisotopic (exact) mass is 684 g/mol. The van der Waals surface area contributed by atoms with Gasteiger partial charge in [0.05, 0.1) is 0 Å². The van der Waals surface area contributed by atoms with Crippen molar-refractivity contribution in [1.82, 2.24) is 18.3 Å². The van der Waals surface area contributed by atoms with E-state index >= 15 is 0 Å². The highest BCUT2D eigenvalue weighted by molar-refractivity contribution is 7.98. The second-order valence-corrected chi connectivity index (χ2v) is 16.4. The van der Waals surface area contributed by atoms with Crippen molar-refractivity contribution in [2.75, 3.05) is 0 Å². The molecule has 2 saturated heterocycles. The molecule has 3 unspecified atom stereocenters. The third-order valence-corrected chi connectivity index (χ3v) is 14.1. The molecule has 0 radical (unpaired) electrons. The van der Waals surface area contributed by atoms with Crippen LogP contribution in [0.2, 0.25) is 0 Å². The van der Waals surface area contributed by atoms with Gasteiger partial charge in [0, 0.05) is 41.0 Å². The first-order chi connectivity index (χ1) is 21.2. The van der Waals surface area contributed by atoms with E-state index in [-0.39, 0.29) is 25.7 Å². The highest BCUT2D eigenvalue weighted by Gasteiger charge is 2.70. The number of rotatable bonds is 2. The van der Waals surface area contributed by atoms with Gasteiger partial charge >= 0.3 is 17.3 Å². The largest absolute Gasteiger partial charge is 0.494 e.